The average molecular weight is 295 g/mol. The van der Waals surface area contributed by atoms with Crippen LogP contribution in [0, 0.1) is 0 Å². The molecule has 2 aromatic rings. The zero-order valence-electron chi connectivity index (χ0n) is 9.68. The number of hydrogen-bond donors (Lipinski definition) is 1. The average Bonchev–Trinajstić information content (AvgIpc) is 2.80. The summed E-state index contributed by atoms with van der Waals surface area (Å²) in [6.07, 6.45) is 6.10. The van der Waals surface area contributed by atoms with Gasteiger partial charge in [0.05, 0.1) is 18.3 Å². The Balaban J connectivity index is 2.08. The second-order valence-corrected chi connectivity index (χ2v) is 4.92. The monoisotopic (exact) mass is 294 g/mol. The van der Waals surface area contributed by atoms with Crippen LogP contribution in [0.4, 0.5) is 0 Å². The summed E-state index contributed by atoms with van der Waals surface area (Å²) < 4.78 is 3.01. The van der Waals surface area contributed by atoms with Gasteiger partial charge in [-0.2, -0.15) is 0 Å². The molecule has 0 saturated heterocycles. The third-order valence-electron chi connectivity index (χ3n) is 2.68. The first-order valence-corrected chi connectivity index (χ1v) is 6.42. The number of pyridine rings is 1. The maximum Gasteiger partial charge on any atom is 0.0802 e. The molecule has 90 valence electrons. The second kappa shape index (κ2) is 5.47. The minimum Gasteiger partial charge on any atom is -0.388 e. The number of aromatic nitrogens is 2. The molecule has 3 nitrogen and oxygen atoms in total. The fraction of sp³-hybridized carbons (Fsp3) is 0.308. The molecule has 1 N–H and O–H groups in total. The lowest BCUT2D eigenvalue weighted by molar-refractivity contribution is 0.173. The molecular formula is C13H15BrN2O. The molecule has 0 spiro atoms. The molecule has 0 radical (unpaired) electrons. The van der Waals surface area contributed by atoms with E-state index in [4.69, 9.17) is 0 Å². The molecule has 2 heterocycles. The van der Waals surface area contributed by atoms with E-state index in [-0.39, 0.29) is 6.10 Å². The van der Waals surface area contributed by atoms with Gasteiger partial charge in [-0.05, 0) is 46.1 Å². The van der Waals surface area contributed by atoms with Crippen LogP contribution in [-0.4, -0.2) is 14.7 Å². The standard InChI is InChI=1S/C13H15BrN2O/c1-2-13(17)10-5-6-16(8-10)9-12-4-3-11(14)7-15-12/h3-8,13,17H,2,9H2,1H3. The van der Waals surface area contributed by atoms with E-state index in [1.54, 1.807) is 6.20 Å². The Hall–Kier alpha value is -1.13. The van der Waals surface area contributed by atoms with Gasteiger partial charge < -0.3 is 9.67 Å². The first-order chi connectivity index (χ1) is 8.19. The van der Waals surface area contributed by atoms with Gasteiger partial charge >= 0.3 is 0 Å². The van der Waals surface area contributed by atoms with E-state index in [0.29, 0.717) is 0 Å². The highest BCUT2D eigenvalue weighted by Gasteiger charge is 2.06. The van der Waals surface area contributed by atoms with Gasteiger partial charge in [-0.25, -0.2) is 0 Å². The number of aliphatic hydroxyl groups is 1. The van der Waals surface area contributed by atoms with Gasteiger partial charge in [0.1, 0.15) is 0 Å². The first kappa shape index (κ1) is 12.3. The van der Waals surface area contributed by atoms with Gasteiger partial charge in [0.25, 0.3) is 0 Å². The number of aliphatic hydroxyl groups excluding tert-OH is 1. The van der Waals surface area contributed by atoms with Crippen molar-refractivity contribution in [2.24, 2.45) is 0 Å². The third kappa shape index (κ3) is 3.17. The Bertz CT molecular complexity index is 478. The van der Waals surface area contributed by atoms with Crippen LogP contribution in [0.1, 0.15) is 30.7 Å². The first-order valence-electron chi connectivity index (χ1n) is 5.63. The van der Waals surface area contributed by atoms with Gasteiger partial charge in [-0.3, -0.25) is 4.98 Å². The van der Waals surface area contributed by atoms with Crippen molar-refractivity contribution in [3.8, 4) is 0 Å². The summed E-state index contributed by atoms with van der Waals surface area (Å²) in [6, 6.07) is 5.92. The summed E-state index contributed by atoms with van der Waals surface area (Å²) in [7, 11) is 0. The van der Waals surface area contributed by atoms with Crippen LogP contribution in [0.25, 0.3) is 0 Å². The van der Waals surface area contributed by atoms with Crippen LogP contribution in [-0.2, 0) is 6.54 Å². The largest absolute Gasteiger partial charge is 0.388 e. The van der Waals surface area contributed by atoms with Crippen LogP contribution in [0.2, 0.25) is 0 Å². The highest BCUT2D eigenvalue weighted by atomic mass is 79.9. The smallest absolute Gasteiger partial charge is 0.0802 e. The summed E-state index contributed by atoms with van der Waals surface area (Å²) in [5.41, 5.74) is 1.96. The van der Waals surface area contributed by atoms with Gasteiger partial charge in [0.15, 0.2) is 0 Å². The Morgan fingerprint density at radius 3 is 2.88 bits per heavy atom. The Morgan fingerprint density at radius 2 is 2.24 bits per heavy atom. The quantitative estimate of drug-likeness (QED) is 0.941. The highest BCUT2D eigenvalue weighted by molar-refractivity contribution is 9.10. The van der Waals surface area contributed by atoms with Gasteiger partial charge in [0, 0.05) is 23.1 Å². The predicted octanol–water partition coefficient (Wildman–Crippen LogP) is 3.14. The molecular weight excluding hydrogens is 280 g/mol. The van der Waals surface area contributed by atoms with Crippen molar-refractivity contribution in [3.05, 3.63) is 52.5 Å². The highest BCUT2D eigenvalue weighted by Crippen LogP contribution is 2.17. The van der Waals surface area contributed by atoms with Crippen LogP contribution >= 0.6 is 15.9 Å². The summed E-state index contributed by atoms with van der Waals surface area (Å²) in [6.45, 7) is 2.70. The lowest BCUT2D eigenvalue weighted by Crippen LogP contribution is -1.99. The van der Waals surface area contributed by atoms with E-state index in [9.17, 15) is 5.11 Å². The van der Waals surface area contributed by atoms with Crippen molar-refractivity contribution >= 4 is 15.9 Å². The van der Waals surface area contributed by atoms with Crippen molar-refractivity contribution in [2.75, 3.05) is 0 Å². The molecule has 2 rings (SSSR count). The van der Waals surface area contributed by atoms with E-state index in [2.05, 4.69) is 20.9 Å². The maximum atomic E-state index is 9.71. The number of halogens is 1. The van der Waals surface area contributed by atoms with Crippen molar-refractivity contribution in [3.63, 3.8) is 0 Å². The van der Waals surface area contributed by atoms with Gasteiger partial charge in [-0.1, -0.05) is 6.92 Å². The van der Waals surface area contributed by atoms with E-state index in [0.717, 1.165) is 28.7 Å². The van der Waals surface area contributed by atoms with Crippen molar-refractivity contribution in [1.29, 1.82) is 0 Å². The number of hydrogen-bond acceptors (Lipinski definition) is 2. The maximum absolute atomic E-state index is 9.71. The predicted molar refractivity (Wildman–Crippen MR) is 70.7 cm³/mol. The zero-order chi connectivity index (χ0) is 12.3. The minimum absolute atomic E-state index is 0.367. The van der Waals surface area contributed by atoms with Crippen LogP contribution in [0.5, 0.6) is 0 Å². The molecule has 0 aliphatic carbocycles. The molecule has 2 aromatic heterocycles. The molecule has 17 heavy (non-hydrogen) atoms. The molecule has 4 heteroatoms. The summed E-state index contributed by atoms with van der Waals surface area (Å²) in [5.74, 6) is 0. The molecule has 0 aliphatic rings. The van der Waals surface area contributed by atoms with Crippen LogP contribution in [0.3, 0.4) is 0 Å². The Labute approximate surface area is 109 Å². The Kier molecular flexibility index (Phi) is 3.97. The SMILES string of the molecule is CCC(O)c1ccn(Cc2ccc(Br)cn2)c1. The molecule has 0 fully saturated rings. The molecule has 0 amide bonds. The molecule has 0 aliphatic heterocycles. The summed E-state index contributed by atoms with van der Waals surface area (Å²) >= 11 is 3.36. The summed E-state index contributed by atoms with van der Waals surface area (Å²) in [5, 5.41) is 9.71. The van der Waals surface area contributed by atoms with E-state index in [1.165, 1.54) is 0 Å². The van der Waals surface area contributed by atoms with Crippen molar-refractivity contribution in [2.45, 2.75) is 26.0 Å². The molecule has 1 atom stereocenters. The van der Waals surface area contributed by atoms with E-state index in [1.807, 2.05) is 42.1 Å². The number of rotatable bonds is 4. The topological polar surface area (TPSA) is 38.0 Å². The molecule has 0 bridgehead atoms. The normalized spacial score (nSPS) is 12.6. The van der Waals surface area contributed by atoms with Crippen molar-refractivity contribution < 1.29 is 5.11 Å². The van der Waals surface area contributed by atoms with Crippen molar-refractivity contribution in [1.82, 2.24) is 9.55 Å². The fourth-order valence-corrected chi connectivity index (χ4v) is 1.91. The zero-order valence-corrected chi connectivity index (χ0v) is 11.3. The van der Waals surface area contributed by atoms with Crippen LogP contribution in [0.15, 0.2) is 41.3 Å². The molecule has 0 aromatic carbocycles. The lowest BCUT2D eigenvalue weighted by Gasteiger charge is -2.05. The molecule has 1 unspecified atom stereocenters. The number of nitrogens with zero attached hydrogens (tertiary/aromatic N) is 2. The summed E-state index contributed by atoms with van der Waals surface area (Å²) in [4.78, 5) is 4.32. The van der Waals surface area contributed by atoms with Crippen LogP contribution < -0.4 is 0 Å². The molecule has 0 saturated carbocycles. The Morgan fingerprint density at radius 1 is 1.41 bits per heavy atom. The van der Waals surface area contributed by atoms with E-state index >= 15 is 0 Å². The lowest BCUT2D eigenvalue weighted by atomic mass is 10.1. The van der Waals surface area contributed by atoms with Gasteiger partial charge in [0.2, 0.25) is 0 Å². The third-order valence-corrected chi connectivity index (χ3v) is 3.15. The minimum atomic E-state index is -0.367. The second-order valence-electron chi connectivity index (χ2n) is 4.01. The fourth-order valence-electron chi connectivity index (χ4n) is 1.68. The van der Waals surface area contributed by atoms with E-state index < -0.39 is 0 Å². The van der Waals surface area contributed by atoms with Gasteiger partial charge in [-0.15, -0.1) is 0 Å².